The van der Waals surface area contributed by atoms with Crippen molar-refractivity contribution in [2.24, 2.45) is 0 Å². The van der Waals surface area contributed by atoms with Crippen LogP contribution in [0, 0.1) is 0 Å². The Morgan fingerprint density at radius 2 is 0.472 bits per heavy atom. The summed E-state index contributed by atoms with van der Waals surface area (Å²) in [5.41, 5.74) is 43.4. The van der Waals surface area contributed by atoms with E-state index in [2.05, 4.69) is 518 Å². The Labute approximate surface area is 761 Å². The second kappa shape index (κ2) is 33.9. The van der Waals surface area contributed by atoms with Crippen LogP contribution < -0.4 is 4.90 Å². The molecule has 0 heterocycles. The fourth-order valence-corrected chi connectivity index (χ4v) is 18.4. The average Bonchev–Trinajstić information content (AvgIpc) is 1.59. The molecule has 0 N–H and O–H groups in total. The van der Waals surface area contributed by atoms with E-state index in [9.17, 15) is 0 Å². The van der Waals surface area contributed by atoms with Gasteiger partial charge in [-0.25, -0.2) is 0 Å². The van der Waals surface area contributed by atoms with Gasteiger partial charge in [-0.05, 0) is 277 Å². The highest BCUT2D eigenvalue weighted by Crippen LogP contribution is 2.53. The average molecular weight is 1710 g/mol. The molecular weight excluding hydrogens is 1570 g/mol. The summed E-state index contributed by atoms with van der Waals surface area (Å²) in [7, 11) is 0. The van der Waals surface area contributed by atoms with Crippen LogP contribution in [0.2, 0.25) is 0 Å². The second-order valence-corrected chi connectivity index (χ2v) is 46.0. The molecule has 2 aliphatic carbocycles. The number of hydrogen-bond acceptors (Lipinski definition) is 1. The topological polar surface area (TPSA) is 3.24 Å². The van der Waals surface area contributed by atoms with Crippen LogP contribution in [0.3, 0.4) is 0 Å². The zero-order valence-corrected chi connectivity index (χ0v) is 82.0. The third-order valence-corrected chi connectivity index (χ3v) is 26.7. The van der Waals surface area contributed by atoms with Gasteiger partial charge in [0.25, 0.3) is 0 Å². The van der Waals surface area contributed by atoms with Crippen LogP contribution >= 0.6 is 15.9 Å². The van der Waals surface area contributed by atoms with Gasteiger partial charge in [-0.2, -0.15) is 0 Å². The van der Waals surface area contributed by atoms with Gasteiger partial charge in [0.2, 0.25) is 0 Å². The van der Waals surface area contributed by atoms with Crippen molar-refractivity contribution in [2.75, 3.05) is 4.90 Å². The zero-order chi connectivity index (χ0) is 90.3. The number of anilines is 3. The van der Waals surface area contributed by atoms with Crippen molar-refractivity contribution in [1.82, 2.24) is 0 Å². The van der Waals surface area contributed by atoms with Gasteiger partial charge in [0.1, 0.15) is 0 Å². The minimum absolute atomic E-state index is 0.0226. The zero-order valence-electron chi connectivity index (χ0n) is 80.4. The molecule has 14 aromatic carbocycles. The highest BCUT2D eigenvalue weighted by atomic mass is 79.9. The van der Waals surface area contributed by atoms with Crippen LogP contribution in [-0.4, -0.2) is 0 Å². The minimum Gasteiger partial charge on any atom is -0.310 e. The molecular formula is C123H136BrN. The van der Waals surface area contributed by atoms with E-state index in [0.29, 0.717) is 0 Å². The van der Waals surface area contributed by atoms with Crippen LogP contribution in [0.15, 0.2) is 308 Å². The van der Waals surface area contributed by atoms with E-state index >= 15 is 0 Å². The Hall–Kier alpha value is -10.6. The van der Waals surface area contributed by atoms with Crippen LogP contribution in [0.25, 0.3) is 89.0 Å². The van der Waals surface area contributed by atoms with Crippen LogP contribution in [0.1, 0.15) is 272 Å². The predicted molar refractivity (Wildman–Crippen MR) is 548 cm³/mol. The second-order valence-electron chi connectivity index (χ2n) is 45.1. The summed E-state index contributed by atoms with van der Waals surface area (Å²) >= 11 is 3.79. The lowest BCUT2D eigenvalue weighted by atomic mass is 9.78. The van der Waals surface area contributed by atoms with Crippen molar-refractivity contribution in [1.29, 1.82) is 0 Å². The number of fused-ring (bicyclic) bond motifs is 6. The van der Waals surface area contributed by atoms with Gasteiger partial charge < -0.3 is 4.90 Å². The Morgan fingerprint density at radius 1 is 0.200 bits per heavy atom. The van der Waals surface area contributed by atoms with Gasteiger partial charge in [-0.1, -0.05) is 452 Å². The highest BCUT2D eigenvalue weighted by molar-refractivity contribution is 9.10. The molecule has 0 unspecified atom stereocenters. The maximum Gasteiger partial charge on any atom is 0.0470 e. The molecule has 2 heteroatoms. The molecule has 0 saturated heterocycles. The van der Waals surface area contributed by atoms with E-state index in [-0.39, 0.29) is 54.1 Å². The Balaban J connectivity index is 0.000000169. The van der Waals surface area contributed by atoms with Gasteiger partial charge in [-0.3, -0.25) is 0 Å². The summed E-state index contributed by atoms with van der Waals surface area (Å²) in [6.07, 6.45) is 0.967. The van der Waals surface area contributed by atoms with Crippen LogP contribution in [-0.2, 0) is 60.6 Å². The van der Waals surface area contributed by atoms with Gasteiger partial charge in [0, 0.05) is 32.4 Å². The Morgan fingerprint density at radius 3 is 0.856 bits per heavy atom. The Kier molecular flexibility index (Phi) is 24.6. The lowest BCUT2D eigenvalue weighted by Gasteiger charge is -2.31. The molecule has 0 bridgehead atoms. The third kappa shape index (κ3) is 20.0. The van der Waals surface area contributed by atoms with Crippen molar-refractivity contribution >= 4 is 33.0 Å². The van der Waals surface area contributed by atoms with Crippen LogP contribution in [0.5, 0.6) is 0 Å². The summed E-state index contributed by atoms with van der Waals surface area (Å²) < 4.78 is 1.13. The monoisotopic (exact) mass is 1710 g/mol. The molecule has 0 aliphatic heterocycles. The standard InChI is InChI=1S/C61H67N.C34H45Br.C28H24/c1-57(2,3)46-31-42(44-33-47(58(4,5)6)37-48(34-44)59(7,8)9)30-43(32-46)45-35-49(60(10,11)12)38-52(36-45)62(50-26-24-41(25-27-50)40-20-16-15-17-21-40)51-28-29-54-53-22-18-19-23-55(53)61(13,14)56(54)39-51;1-31(2,3)26-14-22(24-16-27(32(4,5)6)20-28(17-24)33(7,8)9)13-23(15-26)25-18-29(34(10,11)12)21-30(35)19-25;1-28(2)26-11-7-6-10-24(26)25-17-14-21(19-27(25)28)18-20-12-15-23(16-13-20)22-8-4-3-5-9-22/h15-39H,1-14H3;13-21H,1-12H3;3-17,19H,18H2,1-2H3. The molecule has 1 nitrogen and oxygen atoms in total. The van der Waals surface area contributed by atoms with Crippen molar-refractivity contribution in [3.8, 4) is 89.0 Å². The van der Waals surface area contributed by atoms with E-state index < -0.39 is 0 Å². The lowest BCUT2D eigenvalue weighted by Crippen LogP contribution is -2.17. The normalized spacial score (nSPS) is 13.6. The van der Waals surface area contributed by atoms with Crippen LogP contribution in [0.4, 0.5) is 17.1 Å². The van der Waals surface area contributed by atoms with E-state index in [1.807, 2.05) is 0 Å². The van der Waals surface area contributed by atoms with Crippen molar-refractivity contribution in [2.45, 2.75) is 254 Å². The molecule has 0 atom stereocenters. The van der Waals surface area contributed by atoms with Gasteiger partial charge >= 0.3 is 0 Å². The smallest absolute Gasteiger partial charge is 0.0470 e. The number of hydrogen-bond donors (Lipinski definition) is 0. The predicted octanol–water partition coefficient (Wildman–Crippen LogP) is 35.9. The first-order valence-corrected chi connectivity index (χ1v) is 46.3. The molecule has 0 aromatic heterocycles. The quantitative estimate of drug-likeness (QED) is 0.125. The fraction of sp³-hybridized carbons (Fsp3) is 0.317. The number of halogens is 1. The maximum atomic E-state index is 3.79. The number of benzene rings is 14. The lowest BCUT2D eigenvalue weighted by molar-refractivity contribution is 0.568. The molecule has 0 fully saturated rings. The largest absolute Gasteiger partial charge is 0.310 e. The summed E-state index contributed by atoms with van der Waals surface area (Å²) in [5.74, 6) is 0. The van der Waals surface area contributed by atoms with E-state index in [4.69, 9.17) is 0 Å². The van der Waals surface area contributed by atoms with Crippen molar-refractivity contribution in [3.63, 3.8) is 0 Å². The van der Waals surface area contributed by atoms with Gasteiger partial charge in [0.05, 0.1) is 0 Å². The van der Waals surface area contributed by atoms with Crippen molar-refractivity contribution in [3.05, 3.63) is 386 Å². The van der Waals surface area contributed by atoms with E-state index in [0.717, 1.165) is 28.0 Å². The summed E-state index contributed by atoms with van der Waals surface area (Å²) in [4.78, 5) is 2.49. The summed E-state index contributed by atoms with van der Waals surface area (Å²) in [6, 6.07) is 115. The number of rotatable bonds is 11. The molecule has 0 saturated carbocycles. The molecule has 14 aromatic rings. The molecule has 125 heavy (non-hydrogen) atoms. The SMILES string of the molecule is CC(C)(C)c1cc(-c2cc(N(c3ccc(-c4ccccc4)cc3)c3ccc4c(c3)C(C)(C)c3ccccc3-4)cc(C(C)(C)C)c2)cc(-c2cc(C(C)(C)C)cc(C(C)(C)C)c2)c1.CC(C)(C)c1cc(Br)cc(-c2cc(-c3cc(C(C)(C)C)cc(C(C)(C)C)c3)cc(C(C)(C)C)c2)c1.CC1(C)c2ccccc2-c2ccc(Cc3ccc(-c4ccccc4)cc3)cc21. The number of nitrogens with zero attached hydrogens (tertiary/aromatic N) is 1. The van der Waals surface area contributed by atoms with E-state index in [1.165, 1.54) is 167 Å². The minimum atomic E-state index is -0.121. The first-order valence-electron chi connectivity index (χ1n) is 45.6. The first kappa shape index (κ1) is 90.6. The maximum absolute atomic E-state index is 3.79. The van der Waals surface area contributed by atoms with Gasteiger partial charge in [-0.15, -0.1) is 0 Å². The first-order chi connectivity index (χ1) is 58.4. The molecule has 16 rings (SSSR count). The third-order valence-electron chi connectivity index (χ3n) is 26.2. The van der Waals surface area contributed by atoms with E-state index in [1.54, 1.807) is 0 Å². The molecule has 0 spiro atoms. The molecule has 640 valence electrons. The van der Waals surface area contributed by atoms with Gasteiger partial charge in [0.15, 0.2) is 0 Å². The Bertz CT molecular complexity index is 6210. The summed E-state index contributed by atoms with van der Waals surface area (Å²) in [6.45, 7) is 65.1. The molecule has 2 aliphatic rings. The molecule has 0 radical (unpaired) electrons. The fourth-order valence-electron chi connectivity index (χ4n) is 17.9. The summed E-state index contributed by atoms with van der Waals surface area (Å²) in [5, 5.41) is 0. The van der Waals surface area contributed by atoms with Crippen molar-refractivity contribution < 1.29 is 0 Å². The highest BCUT2D eigenvalue weighted by Gasteiger charge is 2.38. The molecule has 0 amide bonds.